The lowest BCUT2D eigenvalue weighted by Crippen LogP contribution is -3.00. The van der Waals surface area contributed by atoms with Crippen LogP contribution in [0.4, 0.5) is 13.2 Å². The smallest absolute Gasteiger partial charge is 0.416 e. The second-order valence-electron chi connectivity index (χ2n) is 5.91. The first-order chi connectivity index (χ1) is 12.0. The Morgan fingerprint density at radius 1 is 0.962 bits per heavy atom. The fraction of sp³-hybridized carbons (Fsp3) is 0.211. The highest BCUT2D eigenvalue weighted by molar-refractivity contribution is 6.08. The van der Waals surface area contributed by atoms with E-state index in [4.69, 9.17) is 9.47 Å². The maximum absolute atomic E-state index is 12.6. The maximum atomic E-state index is 12.6. The van der Waals surface area contributed by atoms with Crippen molar-refractivity contribution in [1.82, 2.24) is 0 Å². The summed E-state index contributed by atoms with van der Waals surface area (Å²) < 4.78 is 48.7. The van der Waals surface area contributed by atoms with Gasteiger partial charge in [-0.25, -0.2) is 4.99 Å². The number of benzene rings is 2. The van der Waals surface area contributed by atoms with Crippen LogP contribution in [0.5, 0.6) is 11.5 Å². The second kappa shape index (κ2) is 7.03. The highest BCUT2D eigenvalue weighted by atomic mass is 35.5. The molecule has 2 aromatic rings. The molecule has 0 spiro atoms. The number of fused-ring (bicyclic) bond motifs is 2. The van der Waals surface area contributed by atoms with E-state index in [1.807, 2.05) is 18.2 Å². The van der Waals surface area contributed by atoms with Gasteiger partial charge in [-0.15, -0.1) is 0 Å². The minimum atomic E-state index is -4.32. The Morgan fingerprint density at radius 2 is 1.65 bits per heavy atom. The summed E-state index contributed by atoms with van der Waals surface area (Å²) in [4.78, 5) is 3.33. The molecule has 0 saturated heterocycles. The van der Waals surface area contributed by atoms with Gasteiger partial charge < -0.3 is 21.9 Å². The molecule has 3 nitrogen and oxygen atoms in total. The van der Waals surface area contributed by atoms with Crippen molar-refractivity contribution in [1.29, 1.82) is 0 Å². The van der Waals surface area contributed by atoms with Crippen LogP contribution < -0.4 is 26.9 Å². The van der Waals surface area contributed by atoms with Crippen molar-refractivity contribution in [3.8, 4) is 11.5 Å². The van der Waals surface area contributed by atoms with E-state index in [1.165, 1.54) is 12.1 Å². The van der Waals surface area contributed by atoms with Gasteiger partial charge in [0.15, 0.2) is 11.5 Å². The monoisotopic (exact) mass is 381 g/mol. The Kier molecular flexibility index (Phi) is 4.96. The number of hydrogen-bond acceptors (Lipinski definition) is 2. The molecule has 0 aromatic heterocycles. The number of rotatable bonds is 2. The molecule has 2 aromatic carbocycles. The standard InChI is InChI=1S/C19H14F3NO2.ClH/c20-19(21,22)14-4-1-12(2-5-14)3-6-16-15-10-18-17(24-11-25-18)9-13(15)7-8-23-16;/h1-6,9-10H,7-8,11H2;1H. The molecule has 1 N–H and O–H groups in total. The minimum Gasteiger partial charge on any atom is -1.00 e. The number of hydrogen-bond donors (Lipinski definition) is 1. The summed E-state index contributed by atoms with van der Waals surface area (Å²) in [5, 5.41) is 0. The quantitative estimate of drug-likeness (QED) is 0.766. The van der Waals surface area contributed by atoms with Crippen LogP contribution in [0.25, 0.3) is 6.08 Å². The maximum Gasteiger partial charge on any atom is 0.416 e. The van der Waals surface area contributed by atoms with Crippen LogP contribution in [-0.4, -0.2) is 19.0 Å². The molecule has 4 rings (SSSR count). The molecule has 0 radical (unpaired) electrons. The van der Waals surface area contributed by atoms with Gasteiger partial charge >= 0.3 is 6.18 Å². The lowest BCUT2D eigenvalue weighted by molar-refractivity contribution is -0.456. The van der Waals surface area contributed by atoms with Gasteiger partial charge in [-0.2, -0.15) is 13.2 Å². The number of halogens is 4. The van der Waals surface area contributed by atoms with Gasteiger partial charge in [0.1, 0.15) is 6.54 Å². The first kappa shape index (κ1) is 18.3. The molecule has 0 atom stereocenters. The third-order valence-corrected chi connectivity index (χ3v) is 4.28. The van der Waals surface area contributed by atoms with Crippen LogP contribution in [0, 0.1) is 0 Å². The van der Waals surface area contributed by atoms with Gasteiger partial charge in [0.25, 0.3) is 0 Å². The summed E-state index contributed by atoms with van der Waals surface area (Å²) in [5.74, 6) is 1.47. The van der Waals surface area contributed by atoms with Crippen LogP contribution in [-0.2, 0) is 12.6 Å². The highest BCUT2D eigenvalue weighted by Crippen LogP contribution is 2.35. The predicted octanol–water partition coefficient (Wildman–Crippen LogP) is -0.423. The van der Waals surface area contributed by atoms with E-state index in [9.17, 15) is 13.2 Å². The van der Waals surface area contributed by atoms with Crippen LogP contribution >= 0.6 is 0 Å². The number of alkyl halides is 3. The SMILES string of the molecule is FC(F)(F)c1ccc(C=CC2=[NH+]CCc3cc4c(cc32)OCO4)cc1.[Cl-]. The summed E-state index contributed by atoms with van der Waals surface area (Å²) in [6.45, 7) is 1.02. The topological polar surface area (TPSA) is 32.4 Å². The lowest BCUT2D eigenvalue weighted by atomic mass is 9.96. The third kappa shape index (κ3) is 3.55. The van der Waals surface area contributed by atoms with E-state index in [0.29, 0.717) is 11.3 Å². The Labute approximate surface area is 154 Å². The molecule has 0 unspecified atom stereocenters. The zero-order valence-electron chi connectivity index (χ0n) is 13.6. The van der Waals surface area contributed by atoms with E-state index in [2.05, 4.69) is 4.99 Å². The summed E-state index contributed by atoms with van der Waals surface area (Å²) >= 11 is 0. The third-order valence-electron chi connectivity index (χ3n) is 4.28. The van der Waals surface area contributed by atoms with Crippen molar-refractivity contribution in [2.75, 3.05) is 13.3 Å². The molecular weight excluding hydrogens is 367 g/mol. The van der Waals surface area contributed by atoms with Crippen molar-refractivity contribution < 1.29 is 40.0 Å². The molecule has 26 heavy (non-hydrogen) atoms. The van der Waals surface area contributed by atoms with E-state index < -0.39 is 11.7 Å². The molecule has 2 aliphatic heterocycles. The zero-order chi connectivity index (χ0) is 17.4. The molecule has 136 valence electrons. The first-order valence-corrected chi connectivity index (χ1v) is 7.90. The van der Waals surface area contributed by atoms with Gasteiger partial charge in [-0.05, 0) is 41.5 Å². The largest absolute Gasteiger partial charge is 1.00 e. The predicted molar refractivity (Wildman–Crippen MR) is 86.7 cm³/mol. The molecule has 0 amide bonds. The van der Waals surface area contributed by atoms with Crippen molar-refractivity contribution >= 4 is 11.8 Å². The molecule has 2 heterocycles. The molecule has 0 aliphatic carbocycles. The van der Waals surface area contributed by atoms with E-state index >= 15 is 0 Å². The second-order valence-corrected chi connectivity index (χ2v) is 5.91. The van der Waals surface area contributed by atoms with Crippen molar-refractivity contribution in [2.45, 2.75) is 12.6 Å². The van der Waals surface area contributed by atoms with Crippen molar-refractivity contribution in [3.05, 3.63) is 64.7 Å². The molecule has 0 saturated carbocycles. The van der Waals surface area contributed by atoms with Crippen LogP contribution in [0.1, 0.15) is 22.3 Å². The Hall–Kier alpha value is -2.47. The Balaban J connectivity index is 0.00000196. The fourth-order valence-electron chi connectivity index (χ4n) is 2.98. The molecule has 0 fully saturated rings. The van der Waals surface area contributed by atoms with E-state index in [-0.39, 0.29) is 19.2 Å². The molecule has 2 aliphatic rings. The minimum absolute atomic E-state index is 0. The van der Waals surface area contributed by atoms with Gasteiger partial charge in [-0.3, -0.25) is 0 Å². The zero-order valence-corrected chi connectivity index (χ0v) is 14.3. The van der Waals surface area contributed by atoms with Crippen molar-refractivity contribution in [3.63, 3.8) is 0 Å². The lowest BCUT2D eigenvalue weighted by Gasteiger charge is -2.11. The average Bonchev–Trinajstić information content (AvgIpc) is 3.05. The Morgan fingerprint density at radius 3 is 2.35 bits per heavy atom. The molecular formula is C19H15ClF3NO2. The van der Waals surface area contributed by atoms with Gasteiger partial charge in [-0.1, -0.05) is 12.1 Å². The van der Waals surface area contributed by atoms with Gasteiger partial charge in [0.2, 0.25) is 12.5 Å². The number of nitrogens with one attached hydrogen (secondary N) is 1. The fourth-order valence-corrected chi connectivity index (χ4v) is 2.98. The molecule has 0 bridgehead atoms. The number of ether oxygens (including phenoxy) is 2. The summed E-state index contributed by atoms with van der Waals surface area (Å²) in [6, 6.07) is 9.03. The molecule has 7 heteroatoms. The van der Waals surface area contributed by atoms with E-state index in [1.54, 1.807) is 6.08 Å². The summed E-state index contributed by atoms with van der Waals surface area (Å²) in [6.07, 6.45) is 0.234. The van der Waals surface area contributed by atoms with Gasteiger partial charge in [0.05, 0.1) is 11.1 Å². The highest BCUT2D eigenvalue weighted by Gasteiger charge is 2.30. The van der Waals surface area contributed by atoms with Gasteiger partial charge in [0, 0.05) is 12.5 Å². The Bertz CT molecular complexity index is 874. The van der Waals surface area contributed by atoms with Crippen molar-refractivity contribution in [2.24, 2.45) is 0 Å². The van der Waals surface area contributed by atoms with Crippen LogP contribution in [0.2, 0.25) is 0 Å². The summed E-state index contributed by atoms with van der Waals surface area (Å²) in [5.41, 5.74) is 3.16. The van der Waals surface area contributed by atoms with Crippen LogP contribution in [0.15, 0.2) is 42.5 Å². The van der Waals surface area contributed by atoms with Crippen LogP contribution in [0.3, 0.4) is 0 Å². The number of allylic oxidation sites excluding steroid dienone is 1. The summed E-state index contributed by atoms with van der Waals surface area (Å²) in [7, 11) is 0. The average molecular weight is 382 g/mol. The first-order valence-electron chi connectivity index (χ1n) is 7.90. The van der Waals surface area contributed by atoms with E-state index in [0.717, 1.165) is 47.7 Å². The normalized spacial score (nSPS) is 15.4.